The number of rotatable bonds is 2. The van der Waals surface area contributed by atoms with Gasteiger partial charge in [0.2, 0.25) is 5.91 Å². The molecule has 1 aliphatic heterocycles. The number of H-pyrrole nitrogens is 1. The second kappa shape index (κ2) is 6.54. The zero-order valence-electron chi connectivity index (χ0n) is 13.9. The quantitative estimate of drug-likeness (QED) is 0.906. The minimum atomic E-state index is -0.256. The molecule has 0 radical (unpaired) electrons. The summed E-state index contributed by atoms with van der Waals surface area (Å²) in [5, 5.41) is 8.34. The van der Waals surface area contributed by atoms with E-state index in [-0.39, 0.29) is 11.7 Å². The Morgan fingerprint density at radius 3 is 2.62 bits per heavy atom. The van der Waals surface area contributed by atoms with Crippen molar-refractivity contribution < 1.29 is 9.18 Å². The lowest BCUT2D eigenvalue weighted by Gasteiger charge is -2.35. The van der Waals surface area contributed by atoms with Gasteiger partial charge in [0.15, 0.2) is 0 Å². The first-order valence-electron chi connectivity index (χ1n) is 9.14. The number of nitrogens with zero attached hydrogens (tertiary/aromatic N) is 2. The highest BCUT2D eigenvalue weighted by Gasteiger charge is 2.30. The number of piperidine rings is 1. The normalized spacial score (nSPS) is 20.6. The van der Waals surface area contributed by atoms with Crippen LogP contribution in [0.25, 0.3) is 10.9 Å². The van der Waals surface area contributed by atoms with Gasteiger partial charge in [-0.3, -0.25) is 9.89 Å². The number of carbonyl (C=O) groups is 1. The Balaban J connectivity index is 1.42. The van der Waals surface area contributed by atoms with Crippen molar-refractivity contribution in [2.45, 2.75) is 50.9 Å². The van der Waals surface area contributed by atoms with Gasteiger partial charge >= 0.3 is 0 Å². The molecule has 1 aliphatic carbocycles. The summed E-state index contributed by atoms with van der Waals surface area (Å²) >= 11 is 0. The lowest BCUT2D eigenvalue weighted by Crippen LogP contribution is -2.41. The van der Waals surface area contributed by atoms with E-state index in [0.29, 0.717) is 17.3 Å². The highest BCUT2D eigenvalue weighted by atomic mass is 19.1. The third kappa shape index (κ3) is 2.92. The van der Waals surface area contributed by atoms with E-state index in [4.69, 9.17) is 0 Å². The molecule has 2 aromatic rings. The number of halogens is 1. The van der Waals surface area contributed by atoms with Crippen LogP contribution in [-0.2, 0) is 4.79 Å². The number of amides is 1. The van der Waals surface area contributed by atoms with Crippen LogP contribution in [0.1, 0.15) is 56.6 Å². The van der Waals surface area contributed by atoms with Crippen LogP contribution in [0, 0.1) is 11.7 Å². The van der Waals surface area contributed by atoms with Crippen LogP contribution in [0.2, 0.25) is 0 Å². The number of aromatic nitrogens is 2. The Kier molecular flexibility index (Phi) is 4.25. The molecule has 24 heavy (non-hydrogen) atoms. The molecular formula is C19H24FN3O. The number of carbonyl (C=O) groups excluding carboxylic acids is 1. The van der Waals surface area contributed by atoms with Crippen LogP contribution in [0.5, 0.6) is 0 Å². The molecule has 1 aromatic heterocycles. The van der Waals surface area contributed by atoms with Crippen LogP contribution in [0.15, 0.2) is 18.2 Å². The van der Waals surface area contributed by atoms with Gasteiger partial charge in [-0.25, -0.2) is 4.39 Å². The summed E-state index contributed by atoms with van der Waals surface area (Å²) in [6.07, 6.45) is 7.71. The molecule has 2 heterocycles. The zero-order chi connectivity index (χ0) is 16.5. The van der Waals surface area contributed by atoms with Crippen molar-refractivity contribution in [1.29, 1.82) is 0 Å². The minimum absolute atomic E-state index is 0.256. The lowest BCUT2D eigenvalue weighted by atomic mass is 9.86. The number of hydrogen-bond donors (Lipinski definition) is 1. The lowest BCUT2D eigenvalue weighted by molar-refractivity contribution is -0.137. The van der Waals surface area contributed by atoms with Crippen LogP contribution in [-0.4, -0.2) is 34.1 Å². The third-order valence-corrected chi connectivity index (χ3v) is 5.72. The summed E-state index contributed by atoms with van der Waals surface area (Å²) in [5.41, 5.74) is 1.78. The first-order valence-corrected chi connectivity index (χ1v) is 9.14. The van der Waals surface area contributed by atoms with Gasteiger partial charge in [-0.2, -0.15) is 5.10 Å². The fourth-order valence-electron chi connectivity index (χ4n) is 4.31. The summed E-state index contributed by atoms with van der Waals surface area (Å²) in [7, 11) is 0. The summed E-state index contributed by atoms with van der Waals surface area (Å²) in [4.78, 5) is 14.7. The van der Waals surface area contributed by atoms with Gasteiger partial charge in [-0.05, 0) is 37.8 Å². The maximum absolute atomic E-state index is 13.3. The molecule has 1 N–H and O–H groups in total. The van der Waals surface area contributed by atoms with Crippen LogP contribution >= 0.6 is 0 Å². The van der Waals surface area contributed by atoms with E-state index < -0.39 is 0 Å². The van der Waals surface area contributed by atoms with Crippen molar-refractivity contribution in [3.8, 4) is 0 Å². The summed E-state index contributed by atoms with van der Waals surface area (Å²) in [6.45, 7) is 1.64. The largest absolute Gasteiger partial charge is 0.342 e. The predicted molar refractivity (Wildman–Crippen MR) is 91.2 cm³/mol. The van der Waals surface area contributed by atoms with Crippen molar-refractivity contribution in [2.24, 2.45) is 5.92 Å². The Hall–Kier alpha value is -1.91. The van der Waals surface area contributed by atoms with E-state index in [1.807, 2.05) is 6.07 Å². The van der Waals surface area contributed by atoms with Crippen molar-refractivity contribution in [2.75, 3.05) is 13.1 Å². The van der Waals surface area contributed by atoms with Gasteiger partial charge in [-0.1, -0.05) is 19.3 Å². The number of aromatic amines is 1. The standard InChI is InChI=1S/C19H24FN3O/c20-15-6-7-16-17(12-15)21-22-18(16)13-8-10-23(11-9-13)19(24)14-4-2-1-3-5-14/h6-7,12-14H,1-5,8-11H2,(H,21,22). The number of likely N-dealkylation sites (tertiary alicyclic amines) is 1. The first-order chi connectivity index (χ1) is 11.7. The van der Waals surface area contributed by atoms with Crippen LogP contribution < -0.4 is 0 Å². The molecule has 0 atom stereocenters. The van der Waals surface area contributed by atoms with Crippen molar-refractivity contribution in [3.05, 3.63) is 29.7 Å². The number of fused-ring (bicyclic) bond motifs is 1. The molecule has 4 rings (SSSR count). The second-order valence-corrected chi connectivity index (χ2v) is 7.23. The van der Waals surface area contributed by atoms with Gasteiger partial charge in [0, 0.05) is 42.1 Å². The fraction of sp³-hybridized carbons (Fsp3) is 0.579. The molecule has 0 spiro atoms. The Morgan fingerprint density at radius 2 is 1.88 bits per heavy atom. The molecule has 128 valence electrons. The van der Waals surface area contributed by atoms with Crippen molar-refractivity contribution in [3.63, 3.8) is 0 Å². The molecule has 0 unspecified atom stereocenters. The van der Waals surface area contributed by atoms with Gasteiger partial charge in [0.1, 0.15) is 5.82 Å². The number of hydrogen-bond acceptors (Lipinski definition) is 2. The molecular weight excluding hydrogens is 305 g/mol. The van der Waals surface area contributed by atoms with E-state index in [9.17, 15) is 9.18 Å². The van der Waals surface area contributed by atoms with Gasteiger partial charge < -0.3 is 4.90 Å². The summed E-state index contributed by atoms with van der Waals surface area (Å²) in [5.74, 6) is 0.736. The van der Waals surface area contributed by atoms with Gasteiger partial charge in [-0.15, -0.1) is 0 Å². The Labute approximate surface area is 141 Å². The first kappa shape index (κ1) is 15.6. The Morgan fingerprint density at radius 1 is 1.12 bits per heavy atom. The molecule has 1 amide bonds. The SMILES string of the molecule is O=C(C1CCCCC1)N1CCC(c2[nH]nc3cc(F)ccc23)CC1. The highest BCUT2D eigenvalue weighted by molar-refractivity contribution is 5.82. The smallest absolute Gasteiger partial charge is 0.225 e. The van der Waals surface area contributed by atoms with Gasteiger partial charge in [0.05, 0.1) is 5.52 Å². The van der Waals surface area contributed by atoms with E-state index >= 15 is 0 Å². The van der Waals surface area contributed by atoms with Crippen molar-refractivity contribution in [1.82, 2.24) is 15.1 Å². The molecule has 1 aromatic carbocycles. The van der Waals surface area contributed by atoms with E-state index in [2.05, 4.69) is 15.1 Å². The van der Waals surface area contributed by atoms with Crippen LogP contribution in [0.4, 0.5) is 4.39 Å². The highest BCUT2D eigenvalue weighted by Crippen LogP contribution is 2.33. The molecule has 2 aliphatic rings. The van der Waals surface area contributed by atoms with E-state index in [1.54, 1.807) is 0 Å². The Bertz CT molecular complexity index is 727. The topological polar surface area (TPSA) is 49.0 Å². The van der Waals surface area contributed by atoms with E-state index in [1.165, 1.54) is 31.4 Å². The van der Waals surface area contributed by atoms with Crippen LogP contribution in [0.3, 0.4) is 0 Å². The predicted octanol–water partition coefficient (Wildman–Crippen LogP) is 3.99. The molecule has 1 saturated heterocycles. The molecule has 1 saturated carbocycles. The molecule has 0 bridgehead atoms. The summed E-state index contributed by atoms with van der Waals surface area (Å²) in [6, 6.07) is 4.77. The molecule has 4 nitrogen and oxygen atoms in total. The minimum Gasteiger partial charge on any atom is -0.342 e. The fourth-order valence-corrected chi connectivity index (χ4v) is 4.31. The van der Waals surface area contributed by atoms with Gasteiger partial charge in [0.25, 0.3) is 0 Å². The third-order valence-electron chi connectivity index (χ3n) is 5.72. The van der Waals surface area contributed by atoms with E-state index in [0.717, 1.165) is 49.9 Å². The number of nitrogens with one attached hydrogen (secondary N) is 1. The average molecular weight is 329 g/mol. The maximum atomic E-state index is 13.3. The zero-order valence-corrected chi connectivity index (χ0v) is 13.9. The molecule has 2 fully saturated rings. The maximum Gasteiger partial charge on any atom is 0.225 e. The molecule has 5 heteroatoms. The summed E-state index contributed by atoms with van der Waals surface area (Å²) < 4.78 is 13.3. The monoisotopic (exact) mass is 329 g/mol. The second-order valence-electron chi connectivity index (χ2n) is 7.23. The average Bonchev–Trinajstić information content (AvgIpc) is 3.05. The van der Waals surface area contributed by atoms with Crippen molar-refractivity contribution >= 4 is 16.8 Å². The number of benzene rings is 1.